The standard InChI is InChI=1S/C44H72N4O13/c1-12-22-57-43(8)25-26(3)45-39(52)30(7)37(51)44(9,55)33(13-2)59-41(54)29(6)36(28(5)38(43)61-42-35(50)31(46(10)11)24-27(4)58-42)60-34(49)16-17-47-18-20-48(21-19-47)40(53)32-15-14-23-56-32/h12,14-15,23,26-31,33,35-38,42,50-51,55H,1,13,16-22,24-25H2,2-11H3,(H,45,52)/t26-,27-,28+,29-,30-,31+,33-,35-,36+,37-,38-,42+,43-,44-/m1/s1. The molecule has 4 heterocycles. The first-order valence-electron chi connectivity index (χ1n) is 21.7. The number of aliphatic hydroxyl groups is 3. The Kier molecular flexibility index (Phi) is 17.9. The number of ether oxygens (including phenoxy) is 5. The van der Waals surface area contributed by atoms with E-state index in [4.69, 9.17) is 28.1 Å². The van der Waals surface area contributed by atoms with Gasteiger partial charge in [0.1, 0.15) is 23.9 Å². The summed E-state index contributed by atoms with van der Waals surface area (Å²) >= 11 is 0. The lowest BCUT2D eigenvalue weighted by atomic mass is 9.78. The predicted octanol–water partition coefficient (Wildman–Crippen LogP) is 2.36. The number of likely N-dealkylation sites (N-methyl/N-ethyl adjacent to an activating group) is 1. The van der Waals surface area contributed by atoms with Gasteiger partial charge in [-0.1, -0.05) is 26.8 Å². The van der Waals surface area contributed by atoms with Crippen LogP contribution in [0.3, 0.4) is 0 Å². The SMILES string of the molecule is C=CCO[C@]1(C)C[C@@H](C)NC(=O)[C@H](C)[C@@H](O)[C@](C)(O)[C@@H](CC)OC(=O)[C@H](C)[C@@H](OC(=O)CCN2CCN(C(=O)c3ccco3)CC2)[C@H](C)[C@H]1O[C@@H]1O[C@H](C)C[C@H](N(C)C)[C@H]1O. The molecule has 61 heavy (non-hydrogen) atoms. The average Bonchev–Trinajstić information content (AvgIpc) is 3.77. The van der Waals surface area contributed by atoms with Crippen LogP contribution in [-0.2, 0) is 38.1 Å². The Morgan fingerprint density at radius 2 is 1.74 bits per heavy atom. The second-order valence-electron chi connectivity index (χ2n) is 17.9. The number of hydrogen-bond donors (Lipinski definition) is 4. The molecule has 17 heteroatoms. The van der Waals surface area contributed by atoms with Crippen LogP contribution in [0.1, 0.15) is 91.6 Å². The number of cyclic esters (lactones) is 1. The molecule has 17 nitrogen and oxygen atoms in total. The maximum Gasteiger partial charge on any atom is 0.312 e. The van der Waals surface area contributed by atoms with E-state index in [1.54, 1.807) is 57.7 Å². The second-order valence-corrected chi connectivity index (χ2v) is 17.9. The second kappa shape index (κ2) is 21.8. The van der Waals surface area contributed by atoms with Crippen molar-refractivity contribution in [3.05, 3.63) is 36.8 Å². The molecule has 1 aromatic rings. The maximum absolute atomic E-state index is 14.3. The molecule has 3 fully saturated rings. The number of piperazine rings is 1. The zero-order valence-electron chi connectivity index (χ0n) is 37.8. The average molecular weight is 865 g/mol. The fourth-order valence-corrected chi connectivity index (χ4v) is 9.03. The number of hydrogen-bond acceptors (Lipinski definition) is 15. The van der Waals surface area contributed by atoms with Crippen molar-refractivity contribution >= 4 is 23.8 Å². The highest BCUT2D eigenvalue weighted by Gasteiger charge is 2.52. The topological polar surface area (TPSA) is 210 Å². The maximum atomic E-state index is 14.3. The van der Waals surface area contributed by atoms with Gasteiger partial charge in [-0.05, 0) is 80.1 Å². The molecule has 4 rings (SSSR count). The molecule has 1 aromatic heterocycles. The van der Waals surface area contributed by atoms with Crippen molar-refractivity contribution in [3.63, 3.8) is 0 Å². The Hall–Kier alpha value is -3.42. The minimum atomic E-state index is -2.05. The summed E-state index contributed by atoms with van der Waals surface area (Å²) in [6, 6.07) is 2.35. The minimum Gasteiger partial charge on any atom is -0.461 e. The summed E-state index contributed by atoms with van der Waals surface area (Å²) in [4.78, 5) is 60.4. The highest BCUT2D eigenvalue weighted by molar-refractivity contribution is 5.91. The molecular weight excluding hydrogens is 792 g/mol. The van der Waals surface area contributed by atoms with Crippen molar-refractivity contribution in [2.24, 2.45) is 17.8 Å². The monoisotopic (exact) mass is 865 g/mol. The smallest absolute Gasteiger partial charge is 0.312 e. The summed E-state index contributed by atoms with van der Waals surface area (Å²) in [5, 5.41) is 37.7. The van der Waals surface area contributed by atoms with Crippen LogP contribution in [-0.4, -0.2) is 173 Å². The molecule has 0 bridgehead atoms. The van der Waals surface area contributed by atoms with Crippen molar-refractivity contribution in [1.82, 2.24) is 20.0 Å². The quantitative estimate of drug-likeness (QED) is 0.176. The lowest BCUT2D eigenvalue weighted by molar-refractivity contribution is -0.302. The number of carbonyl (C=O) groups is 4. The van der Waals surface area contributed by atoms with Gasteiger partial charge in [-0.3, -0.25) is 24.1 Å². The van der Waals surface area contributed by atoms with Gasteiger partial charge in [0, 0.05) is 50.7 Å². The molecule has 3 saturated heterocycles. The Morgan fingerprint density at radius 3 is 2.33 bits per heavy atom. The number of esters is 2. The van der Waals surface area contributed by atoms with Gasteiger partial charge in [0.05, 0.1) is 55.0 Å². The molecule has 2 amide bonds. The van der Waals surface area contributed by atoms with Gasteiger partial charge in [-0.2, -0.15) is 0 Å². The number of rotatable bonds is 12. The molecular formula is C44H72N4O13. The van der Waals surface area contributed by atoms with Crippen molar-refractivity contribution in [3.8, 4) is 0 Å². The van der Waals surface area contributed by atoms with Crippen LogP contribution in [0.25, 0.3) is 0 Å². The molecule has 0 saturated carbocycles. The molecule has 346 valence electrons. The first kappa shape index (κ1) is 50.2. The molecule has 0 spiro atoms. The zero-order chi connectivity index (χ0) is 45.4. The van der Waals surface area contributed by atoms with Gasteiger partial charge in [-0.15, -0.1) is 6.58 Å². The van der Waals surface area contributed by atoms with E-state index in [-0.39, 0.29) is 49.7 Å². The van der Waals surface area contributed by atoms with Crippen LogP contribution in [0.15, 0.2) is 35.5 Å². The summed E-state index contributed by atoms with van der Waals surface area (Å²) in [6.45, 7) is 19.4. The Labute approximate surface area is 361 Å². The van der Waals surface area contributed by atoms with Crippen molar-refractivity contribution < 1.29 is 62.6 Å². The third-order valence-corrected chi connectivity index (χ3v) is 12.7. The van der Waals surface area contributed by atoms with E-state index in [0.717, 1.165) is 0 Å². The van der Waals surface area contributed by atoms with Crippen LogP contribution < -0.4 is 5.32 Å². The number of nitrogens with one attached hydrogen (secondary N) is 1. The Balaban J connectivity index is 1.72. The molecule has 0 aromatic carbocycles. The number of furan rings is 1. The van der Waals surface area contributed by atoms with Crippen molar-refractivity contribution in [2.45, 2.75) is 147 Å². The van der Waals surface area contributed by atoms with Gasteiger partial charge in [0.2, 0.25) is 5.91 Å². The molecule has 3 aliphatic heterocycles. The minimum absolute atomic E-state index is 0.0429. The summed E-state index contributed by atoms with van der Waals surface area (Å²) in [5.74, 6) is -5.04. The molecule has 3 aliphatic rings. The summed E-state index contributed by atoms with van der Waals surface area (Å²) < 4.78 is 37.2. The molecule has 0 aliphatic carbocycles. The lowest BCUT2D eigenvalue weighted by Crippen LogP contribution is -2.60. The number of amides is 2. The van der Waals surface area contributed by atoms with Crippen LogP contribution in [0.4, 0.5) is 0 Å². The van der Waals surface area contributed by atoms with Crippen molar-refractivity contribution in [1.29, 1.82) is 0 Å². The van der Waals surface area contributed by atoms with E-state index in [1.165, 1.54) is 20.1 Å². The van der Waals surface area contributed by atoms with Gasteiger partial charge < -0.3 is 58.5 Å². The van der Waals surface area contributed by atoms with E-state index in [9.17, 15) is 34.5 Å². The van der Waals surface area contributed by atoms with E-state index in [0.29, 0.717) is 39.1 Å². The van der Waals surface area contributed by atoms with E-state index in [2.05, 4.69) is 16.8 Å². The third kappa shape index (κ3) is 12.4. The summed E-state index contributed by atoms with van der Waals surface area (Å²) in [5.41, 5.74) is -3.37. The van der Waals surface area contributed by atoms with Gasteiger partial charge in [0.25, 0.3) is 5.91 Å². The van der Waals surface area contributed by atoms with E-state index >= 15 is 0 Å². The number of aliphatic hydroxyl groups excluding tert-OH is 2. The highest BCUT2D eigenvalue weighted by Crippen LogP contribution is 2.38. The van der Waals surface area contributed by atoms with E-state index in [1.807, 2.05) is 25.9 Å². The fourth-order valence-electron chi connectivity index (χ4n) is 9.03. The fraction of sp³-hybridized carbons (Fsp3) is 0.773. The first-order valence-corrected chi connectivity index (χ1v) is 21.7. The lowest BCUT2D eigenvalue weighted by Gasteiger charge is -2.48. The van der Waals surface area contributed by atoms with E-state index < -0.39 is 89.7 Å². The zero-order valence-corrected chi connectivity index (χ0v) is 37.8. The van der Waals surface area contributed by atoms with Crippen LogP contribution in [0.2, 0.25) is 0 Å². The normalized spacial score (nSPS) is 37.6. The Bertz CT molecular complexity index is 1600. The molecule has 14 atom stereocenters. The number of carbonyl (C=O) groups excluding carboxylic acids is 4. The number of nitrogens with zero attached hydrogens (tertiary/aromatic N) is 3. The first-order chi connectivity index (χ1) is 28.6. The highest BCUT2D eigenvalue weighted by atomic mass is 16.7. The van der Waals surface area contributed by atoms with Crippen LogP contribution >= 0.6 is 0 Å². The predicted molar refractivity (Wildman–Crippen MR) is 224 cm³/mol. The van der Waals surface area contributed by atoms with Gasteiger partial charge in [0.15, 0.2) is 12.1 Å². The summed E-state index contributed by atoms with van der Waals surface area (Å²) in [6.07, 6.45) is -4.03. The van der Waals surface area contributed by atoms with Crippen LogP contribution in [0.5, 0.6) is 0 Å². The summed E-state index contributed by atoms with van der Waals surface area (Å²) in [7, 11) is 3.72. The Morgan fingerprint density at radius 1 is 1.07 bits per heavy atom. The van der Waals surface area contributed by atoms with Crippen molar-refractivity contribution in [2.75, 3.05) is 53.4 Å². The van der Waals surface area contributed by atoms with Gasteiger partial charge >= 0.3 is 11.9 Å². The molecule has 0 radical (unpaired) electrons. The third-order valence-electron chi connectivity index (χ3n) is 12.7. The largest absolute Gasteiger partial charge is 0.461 e. The van der Waals surface area contributed by atoms with Gasteiger partial charge in [-0.25, -0.2) is 0 Å². The molecule has 0 unspecified atom stereocenters. The molecule has 4 N–H and O–H groups in total. The van der Waals surface area contributed by atoms with Crippen LogP contribution in [0, 0.1) is 17.8 Å².